The van der Waals surface area contributed by atoms with Gasteiger partial charge in [0.25, 0.3) is 0 Å². The lowest BCUT2D eigenvalue weighted by Gasteiger charge is -2.35. The van der Waals surface area contributed by atoms with Crippen LogP contribution in [0.3, 0.4) is 0 Å². The van der Waals surface area contributed by atoms with Gasteiger partial charge >= 0.3 is 12.0 Å². The van der Waals surface area contributed by atoms with E-state index in [4.69, 9.17) is 9.84 Å². The van der Waals surface area contributed by atoms with Crippen LogP contribution in [0.1, 0.15) is 39.5 Å². The average molecular weight is 272 g/mol. The zero-order valence-electron chi connectivity index (χ0n) is 11.2. The van der Waals surface area contributed by atoms with Gasteiger partial charge in [-0.1, -0.05) is 0 Å². The van der Waals surface area contributed by atoms with Crippen LogP contribution in [0.25, 0.3) is 0 Å². The second kappa shape index (κ2) is 6.51. The minimum atomic E-state index is -1.07. The summed E-state index contributed by atoms with van der Waals surface area (Å²) in [6.45, 7) is 4.44. The van der Waals surface area contributed by atoms with Crippen molar-refractivity contribution < 1.29 is 24.2 Å². The number of carboxylic acid groups (broad SMARTS) is 1. The van der Waals surface area contributed by atoms with Crippen LogP contribution in [0.15, 0.2) is 0 Å². The minimum Gasteiger partial charge on any atom is -0.481 e. The highest BCUT2D eigenvalue weighted by atomic mass is 16.5. The predicted molar refractivity (Wildman–Crippen MR) is 66.6 cm³/mol. The molecule has 0 aromatic rings. The number of carbonyl (C=O) groups excluding carboxylic acids is 2. The van der Waals surface area contributed by atoms with Crippen LogP contribution in [0.2, 0.25) is 0 Å². The summed E-state index contributed by atoms with van der Waals surface area (Å²) in [5.74, 6) is -1.66. The van der Waals surface area contributed by atoms with E-state index in [0.717, 1.165) is 0 Å². The Morgan fingerprint density at radius 2 is 2.00 bits per heavy atom. The van der Waals surface area contributed by atoms with Crippen molar-refractivity contribution in [3.8, 4) is 0 Å². The largest absolute Gasteiger partial charge is 0.481 e. The normalized spacial score (nSPS) is 21.5. The Morgan fingerprint density at radius 1 is 1.32 bits per heavy atom. The summed E-state index contributed by atoms with van der Waals surface area (Å²) in [6, 6.07) is -0.630. The van der Waals surface area contributed by atoms with Crippen molar-refractivity contribution in [2.24, 2.45) is 0 Å². The van der Waals surface area contributed by atoms with Gasteiger partial charge in [-0.25, -0.2) is 4.79 Å². The van der Waals surface area contributed by atoms with Gasteiger partial charge in [-0.05, 0) is 26.7 Å². The molecular weight excluding hydrogens is 252 g/mol. The van der Waals surface area contributed by atoms with Gasteiger partial charge in [-0.15, -0.1) is 0 Å². The molecule has 0 radical (unpaired) electrons. The number of hydrogen-bond acceptors (Lipinski definition) is 4. The highest BCUT2D eigenvalue weighted by Gasteiger charge is 2.29. The molecule has 0 aromatic heterocycles. The monoisotopic (exact) mass is 272 g/mol. The van der Waals surface area contributed by atoms with Crippen LogP contribution >= 0.6 is 0 Å². The molecule has 0 spiro atoms. The van der Waals surface area contributed by atoms with E-state index in [1.807, 2.05) is 13.8 Å². The lowest BCUT2D eigenvalue weighted by atomic mass is 9.94. The van der Waals surface area contributed by atoms with E-state index in [9.17, 15) is 14.4 Å². The Balaban J connectivity index is 2.30. The summed E-state index contributed by atoms with van der Waals surface area (Å²) in [7, 11) is 0. The van der Waals surface area contributed by atoms with E-state index in [1.165, 1.54) is 0 Å². The highest BCUT2D eigenvalue weighted by Crippen LogP contribution is 2.23. The molecular formula is C12H20N2O5. The summed E-state index contributed by atoms with van der Waals surface area (Å²) >= 11 is 0. The van der Waals surface area contributed by atoms with E-state index in [0.29, 0.717) is 19.4 Å². The maximum absolute atomic E-state index is 11.5. The fourth-order valence-corrected chi connectivity index (χ4v) is 1.99. The number of hydrogen-bond donors (Lipinski definition) is 3. The number of urea groups is 1. The van der Waals surface area contributed by atoms with E-state index in [1.54, 1.807) is 0 Å². The third kappa shape index (κ3) is 6.19. The third-order valence-electron chi connectivity index (χ3n) is 2.85. The number of nitrogens with one attached hydrogen (secondary N) is 2. The van der Waals surface area contributed by atoms with Crippen LogP contribution in [0.4, 0.5) is 4.79 Å². The standard InChI is InChI=1S/C12H20N2O5/c1-12(2)7-8(5-6-19-12)13-11(18)14-9(15)3-4-10(16)17/h8H,3-7H2,1-2H3,(H,16,17)(H2,13,14,15,18). The van der Waals surface area contributed by atoms with Crippen LogP contribution in [-0.4, -0.2) is 41.3 Å². The van der Waals surface area contributed by atoms with Crippen molar-refractivity contribution in [2.45, 2.75) is 51.2 Å². The summed E-state index contributed by atoms with van der Waals surface area (Å²) in [5, 5.41) is 13.2. The smallest absolute Gasteiger partial charge is 0.321 e. The molecule has 0 bridgehead atoms. The van der Waals surface area contributed by atoms with Gasteiger partial charge in [0.2, 0.25) is 5.91 Å². The number of ether oxygens (including phenoxy) is 1. The van der Waals surface area contributed by atoms with E-state index in [2.05, 4.69) is 10.6 Å². The first-order valence-corrected chi connectivity index (χ1v) is 6.24. The molecule has 0 saturated carbocycles. The molecule has 0 aliphatic carbocycles. The number of carboxylic acids is 1. The van der Waals surface area contributed by atoms with E-state index < -0.39 is 17.9 Å². The SMILES string of the molecule is CC1(C)CC(NC(=O)NC(=O)CCC(=O)O)CCO1. The van der Waals surface area contributed by atoms with Gasteiger partial charge in [0.15, 0.2) is 0 Å². The lowest BCUT2D eigenvalue weighted by molar-refractivity contribution is -0.138. The summed E-state index contributed by atoms with van der Waals surface area (Å²) in [6.07, 6.45) is 0.870. The van der Waals surface area contributed by atoms with E-state index in [-0.39, 0.29) is 24.5 Å². The van der Waals surface area contributed by atoms with E-state index >= 15 is 0 Å². The molecule has 3 N–H and O–H groups in total. The van der Waals surface area contributed by atoms with Gasteiger partial charge in [0, 0.05) is 19.1 Å². The van der Waals surface area contributed by atoms with Crippen LogP contribution in [0.5, 0.6) is 0 Å². The first-order chi connectivity index (χ1) is 8.78. The predicted octanol–water partition coefficient (Wildman–Crippen LogP) is 0.635. The fraction of sp³-hybridized carbons (Fsp3) is 0.750. The van der Waals surface area contributed by atoms with Gasteiger partial charge < -0.3 is 15.2 Å². The first kappa shape index (κ1) is 15.4. The van der Waals surface area contributed by atoms with Gasteiger partial charge in [0.05, 0.1) is 12.0 Å². The van der Waals surface area contributed by atoms with Gasteiger partial charge in [0.1, 0.15) is 0 Å². The number of rotatable bonds is 4. The Hall–Kier alpha value is -1.63. The topological polar surface area (TPSA) is 105 Å². The molecule has 0 aromatic carbocycles. The summed E-state index contributed by atoms with van der Waals surface area (Å²) in [5.41, 5.74) is -0.288. The zero-order chi connectivity index (χ0) is 14.5. The van der Waals surface area contributed by atoms with Gasteiger partial charge in [-0.2, -0.15) is 0 Å². The molecule has 1 aliphatic rings. The molecule has 1 unspecified atom stereocenters. The Morgan fingerprint density at radius 3 is 2.58 bits per heavy atom. The van der Waals surface area contributed by atoms with Crippen LogP contribution in [-0.2, 0) is 14.3 Å². The molecule has 3 amide bonds. The molecule has 1 heterocycles. The maximum atomic E-state index is 11.5. The summed E-state index contributed by atoms with van der Waals surface area (Å²) in [4.78, 5) is 33.1. The van der Waals surface area contributed by atoms with Crippen molar-refractivity contribution in [1.29, 1.82) is 0 Å². The van der Waals surface area contributed by atoms with Crippen molar-refractivity contribution >= 4 is 17.9 Å². The number of imide groups is 1. The lowest BCUT2D eigenvalue weighted by Crippen LogP contribution is -2.50. The zero-order valence-corrected chi connectivity index (χ0v) is 11.2. The molecule has 7 nitrogen and oxygen atoms in total. The minimum absolute atomic E-state index is 0.0453. The van der Waals surface area contributed by atoms with Crippen molar-refractivity contribution in [3.63, 3.8) is 0 Å². The summed E-state index contributed by atoms with van der Waals surface area (Å²) < 4.78 is 5.52. The highest BCUT2D eigenvalue weighted by molar-refractivity contribution is 5.95. The quantitative estimate of drug-likeness (QED) is 0.696. The van der Waals surface area contributed by atoms with Crippen LogP contribution < -0.4 is 10.6 Å². The third-order valence-corrected chi connectivity index (χ3v) is 2.85. The number of amides is 3. The molecule has 1 atom stereocenters. The Kier molecular flexibility index (Phi) is 5.29. The Labute approximate surface area is 111 Å². The van der Waals surface area contributed by atoms with Crippen molar-refractivity contribution in [3.05, 3.63) is 0 Å². The second-order valence-electron chi connectivity index (χ2n) is 5.21. The fourth-order valence-electron chi connectivity index (χ4n) is 1.99. The average Bonchev–Trinajstić information content (AvgIpc) is 2.24. The number of aliphatic carboxylic acids is 1. The van der Waals surface area contributed by atoms with Crippen molar-refractivity contribution in [1.82, 2.24) is 10.6 Å². The number of carbonyl (C=O) groups is 3. The molecule has 108 valence electrons. The first-order valence-electron chi connectivity index (χ1n) is 6.24. The van der Waals surface area contributed by atoms with Crippen molar-refractivity contribution in [2.75, 3.05) is 6.61 Å². The molecule has 7 heteroatoms. The molecule has 1 saturated heterocycles. The molecule has 1 aliphatic heterocycles. The maximum Gasteiger partial charge on any atom is 0.321 e. The molecule has 1 rings (SSSR count). The van der Waals surface area contributed by atoms with Gasteiger partial charge in [-0.3, -0.25) is 14.9 Å². The van der Waals surface area contributed by atoms with Crippen LogP contribution in [0, 0.1) is 0 Å². The Bertz CT molecular complexity index is 367. The molecule has 1 fully saturated rings. The molecule has 19 heavy (non-hydrogen) atoms. The second-order valence-corrected chi connectivity index (χ2v) is 5.21.